The number of fused-ring (bicyclic) bond motifs is 3. The highest BCUT2D eigenvalue weighted by Crippen LogP contribution is 2.44. The first-order valence-corrected chi connectivity index (χ1v) is 12.1. The first-order chi connectivity index (χ1) is 17.0. The summed E-state index contributed by atoms with van der Waals surface area (Å²) >= 11 is 0. The summed E-state index contributed by atoms with van der Waals surface area (Å²) in [7, 11) is -1.62. The van der Waals surface area contributed by atoms with Crippen molar-refractivity contribution in [2.24, 2.45) is 0 Å². The maximum atomic E-state index is 12.8. The molecule has 0 atom stereocenters. The van der Waals surface area contributed by atoms with E-state index >= 15 is 0 Å². The lowest BCUT2D eigenvalue weighted by Crippen LogP contribution is -2.43. The molecule has 1 amide bonds. The number of hydrogen-bond donors (Lipinski definition) is 4. The molecule has 35 heavy (non-hydrogen) atoms. The number of ether oxygens (including phenoxy) is 1. The highest BCUT2D eigenvalue weighted by Gasteiger charge is 2.29. The fraction of sp³-hybridized carbons (Fsp3) is 0.296. The zero-order valence-electron chi connectivity index (χ0n) is 19.8. The lowest BCUT2D eigenvalue weighted by molar-refractivity contribution is 0.158. The maximum absolute atomic E-state index is 12.8. The summed E-state index contributed by atoms with van der Waals surface area (Å²) in [5.74, 6) is -0.0238. The van der Waals surface area contributed by atoms with Crippen LogP contribution >= 0.6 is 0 Å². The van der Waals surface area contributed by atoms with E-state index in [4.69, 9.17) is 4.74 Å². The first-order valence-electron chi connectivity index (χ1n) is 12.1. The van der Waals surface area contributed by atoms with Crippen LogP contribution in [0.2, 0.25) is 0 Å². The Hall–Kier alpha value is -3.17. The summed E-state index contributed by atoms with van der Waals surface area (Å²) < 4.78 is 5.67. The Morgan fingerprint density at radius 2 is 1.69 bits per heavy atom. The van der Waals surface area contributed by atoms with E-state index in [-0.39, 0.29) is 12.5 Å². The third-order valence-electron chi connectivity index (χ3n) is 7.03. The van der Waals surface area contributed by atoms with Crippen LogP contribution < -0.4 is 16.1 Å². The Bertz CT molecular complexity index is 1180. The van der Waals surface area contributed by atoms with Crippen LogP contribution in [0.5, 0.6) is 0 Å². The van der Waals surface area contributed by atoms with Gasteiger partial charge in [-0.2, -0.15) is 0 Å². The molecule has 3 aromatic carbocycles. The molecule has 4 N–H and O–H groups in total. The number of hydrogen-bond acceptors (Lipinski definition) is 6. The van der Waals surface area contributed by atoms with Crippen LogP contribution in [0.4, 0.5) is 10.5 Å². The first kappa shape index (κ1) is 23.6. The topological polar surface area (TPSA) is 94.1 Å². The molecule has 0 aromatic heterocycles. The van der Waals surface area contributed by atoms with E-state index in [1.165, 1.54) is 11.1 Å². The molecule has 1 aliphatic heterocycles. The zero-order valence-corrected chi connectivity index (χ0v) is 19.8. The molecule has 8 heteroatoms. The van der Waals surface area contributed by atoms with Crippen molar-refractivity contribution in [2.45, 2.75) is 19.4 Å². The van der Waals surface area contributed by atoms with Gasteiger partial charge in [0.2, 0.25) is 0 Å². The smallest absolute Gasteiger partial charge is 0.448 e. The molecule has 5 rings (SSSR count). The number of nitrogens with one attached hydrogen (secondary N) is 2. The van der Waals surface area contributed by atoms with Crippen molar-refractivity contribution in [3.63, 3.8) is 0 Å². The molecule has 0 spiro atoms. The highest BCUT2D eigenvalue weighted by atomic mass is 16.5. The second kappa shape index (κ2) is 10.2. The fourth-order valence-corrected chi connectivity index (χ4v) is 5.17. The van der Waals surface area contributed by atoms with Crippen LogP contribution in [0.25, 0.3) is 11.1 Å². The Morgan fingerprint density at radius 3 is 2.31 bits per heavy atom. The van der Waals surface area contributed by atoms with E-state index in [0.29, 0.717) is 17.7 Å². The van der Waals surface area contributed by atoms with Gasteiger partial charge in [-0.3, -0.25) is 10.2 Å². The van der Waals surface area contributed by atoms with Crippen molar-refractivity contribution >= 4 is 24.4 Å². The van der Waals surface area contributed by atoms with Gasteiger partial charge in [-0.15, -0.1) is 0 Å². The van der Waals surface area contributed by atoms with Gasteiger partial charge < -0.3 is 20.1 Å². The molecule has 1 fully saturated rings. The lowest BCUT2D eigenvalue weighted by atomic mass is 9.75. The standard InChI is InChI=1S/C27H30BN3O4/c1-18-19(16-31-12-10-29-11-13-31)14-20(15-26(18)28(33)34)30-27(32)35-17-25-23-8-4-2-6-21(23)22-7-3-5-9-24(22)25/h2-9,14-15,25,29,33-34H,10-13,16-17H2,1H3,(H,30,32). The van der Waals surface area contributed by atoms with Crippen molar-refractivity contribution in [3.8, 4) is 11.1 Å². The van der Waals surface area contributed by atoms with Gasteiger partial charge in [0.25, 0.3) is 0 Å². The predicted octanol–water partition coefficient (Wildman–Crippen LogP) is 2.44. The second-order valence-corrected chi connectivity index (χ2v) is 9.20. The minimum absolute atomic E-state index is 0.0238. The van der Waals surface area contributed by atoms with E-state index in [9.17, 15) is 14.8 Å². The van der Waals surface area contributed by atoms with Gasteiger partial charge in [0.1, 0.15) is 6.61 Å². The summed E-state index contributed by atoms with van der Waals surface area (Å²) in [5, 5.41) is 26.0. The molecule has 0 bridgehead atoms. The summed E-state index contributed by atoms with van der Waals surface area (Å²) in [6.07, 6.45) is -0.567. The molecule has 1 saturated heterocycles. The largest absolute Gasteiger partial charge is 0.488 e. The number of amides is 1. The molecule has 1 heterocycles. The van der Waals surface area contributed by atoms with Gasteiger partial charge in [0.15, 0.2) is 0 Å². The molecule has 7 nitrogen and oxygen atoms in total. The number of piperazine rings is 1. The Kier molecular flexibility index (Phi) is 6.88. The van der Waals surface area contributed by atoms with Gasteiger partial charge in [0, 0.05) is 44.3 Å². The third kappa shape index (κ3) is 4.97. The second-order valence-electron chi connectivity index (χ2n) is 9.20. The van der Waals surface area contributed by atoms with Crippen LogP contribution in [0.3, 0.4) is 0 Å². The minimum atomic E-state index is -1.62. The van der Waals surface area contributed by atoms with Crippen LogP contribution in [-0.2, 0) is 11.3 Å². The normalized spacial score (nSPS) is 15.4. The average Bonchev–Trinajstić information content (AvgIpc) is 3.19. The number of nitrogens with zero attached hydrogens (tertiary/aromatic N) is 1. The van der Waals surface area contributed by atoms with Crippen molar-refractivity contribution in [1.29, 1.82) is 0 Å². The zero-order chi connectivity index (χ0) is 24.4. The highest BCUT2D eigenvalue weighted by molar-refractivity contribution is 6.59. The van der Waals surface area contributed by atoms with Crippen molar-refractivity contribution in [1.82, 2.24) is 10.2 Å². The molecule has 0 radical (unpaired) electrons. The van der Waals surface area contributed by atoms with E-state index in [1.807, 2.05) is 37.3 Å². The molecule has 0 saturated carbocycles. The van der Waals surface area contributed by atoms with Gasteiger partial charge in [0.05, 0.1) is 0 Å². The fourth-order valence-electron chi connectivity index (χ4n) is 5.17. The van der Waals surface area contributed by atoms with Crippen LogP contribution in [0.15, 0.2) is 60.7 Å². The van der Waals surface area contributed by atoms with Crippen molar-refractivity contribution in [3.05, 3.63) is 82.9 Å². The number of carbonyl (C=O) groups excluding carboxylic acids is 1. The summed E-state index contributed by atoms with van der Waals surface area (Å²) in [6.45, 7) is 6.45. The quantitative estimate of drug-likeness (QED) is 0.413. The summed E-state index contributed by atoms with van der Waals surface area (Å²) in [6, 6.07) is 19.9. The monoisotopic (exact) mass is 471 g/mol. The Labute approximate surface area is 205 Å². The average molecular weight is 471 g/mol. The van der Waals surface area contributed by atoms with Gasteiger partial charge in [-0.05, 0) is 57.9 Å². The molecule has 180 valence electrons. The molecular formula is C27H30BN3O4. The molecule has 1 aliphatic carbocycles. The lowest BCUT2D eigenvalue weighted by Gasteiger charge is -2.28. The molecule has 3 aromatic rings. The van der Waals surface area contributed by atoms with E-state index in [1.54, 1.807) is 6.07 Å². The minimum Gasteiger partial charge on any atom is -0.448 e. The van der Waals surface area contributed by atoms with E-state index in [2.05, 4.69) is 39.8 Å². The van der Waals surface area contributed by atoms with E-state index < -0.39 is 13.2 Å². The summed E-state index contributed by atoms with van der Waals surface area (Å²) in [5.41, 5.74) is 7.29. The Balaban J connectivity index is 1.31. The number of carbonyl (C=O) groups is 1. The van der Waals surface area contributed by atoms with Crippen LogP contribution in [-0.4, -0.2) is 60.9 Å². The van der Waals surface area contributed by atoms with Crippen molar-refractivity contribution in [2.75, 3.05) is 38.1 Å². The third-order valence-corrected chi connectivity index (χ3v) is 7.03. The van der Waals surface area contributed by atoms with Gasteiger partial charge in [-0.25, -0.2) is 4.79 Å². The van der Waals surface area contributed by atoms with Gasteiger partial charge in [-0.1, -0.05) is 48.5 Å². The molecular weight excluding hydrogens is 441 g/mol. The van der Waals surface area contributed by atoms with Crippen LogP contribution in [0, 0.1) is 6.92 Å². The van der Waals surface area contributed by atoms with Crippen LogP contribution in [0.1, 0.15) is 28.2 Å². The van der Waals surface area contributed by atoms with Crippen molar-refractivity contribution < 1.29 is 19.6 Å². The Morgan fingerprint density at radius 1 is 1.06 bits per heavy atom. The maximum Gasteiger partial charge on any atom is 0.488 e. The summed E-state index contributed by atoms with van der Waals surface area (Å²) in [4.78, 5) is 15.1. The predicted molar refractivity (Wildman–Crippen MR) is 138 cm³/mol. The van der Waals surface area contributed by atoms with Gasteiger partial charge >= 0.3 is 13.2 Å². The SMILES string of the molecule is Cc1c(CN2CCNCC2)cc(NC(=O)OCC2c3ccccc3-c3ccccc32)cc1B(O)O. The number of benzene rings is 3. The van der Waals surface area contributed by atoms with E-state index in [0.717, 1.165) is 48.4 Å². The number of rotatable bonds is 6. The molecule has 2 aliphatic rings. The number of anilines is 1. The molecule has 0 unspecified atom stereocenters.